The molecule has 0 radical (unpaired) electrons. The predicted octanol–water partition coefficient (Wildman–Crippen LogP) is 5.66. The fraction of sp³-hybridized carbons (Fsp3) is 0.238. The molecule has 0 atom stereocenters. The smallest absolute Gasteiger partial charge is 0.0391 e. The van der Waals surface area contributed by atoms with Gasteiger partial charge in [-0.3, -0.25) is 0 Å². The molecule has 2 aromatic rings. The van der Waals surface area contributed by atoms with Gasteiger partial charge in [-0.05, 0) is 49.5 Å². The third-order valence-electron chi connectivity index (χ3n) is 4.96. The molecule has 0 saturated carbocycles. The van der Waals surface area contributed by atoms with Crippen LogP contribution in [-0.2, 0) is 5.41 Å². The topological polar surface area (TPSA) is 0 Å². The van der Waals surface area contributed by atoms with Crippen molar-refractivity contribution in [2.75, 3.05) is 0 Å². The van der Waals surface area contributed by atoms with Crippen LogP contribution in [0.5, 0.6) is 0 Å². The molecule has 3 rings (SSSR count). The zero-order valence-electron chi connectivity index (χ0n) is 13.1. The van der Waals surface area contributed by atoms with E-state index in [0.29, 0.717) is 0 Å². The average Bonchev–Trinajstić information content (AvgIpc) is 2.88. The number of benzene rings is 2. The third-order valence-corrected chi connectivity index (χ3v) is 4.96. The fourth-order valence-corrected chi connectivity index (χ4v) is 3.44. The molecule has 0 N–H and O–H groups in total. The summed E-state index contributed by atoms with van der Waals surface area (Å²) >= 11 is 0. The lowest BCUT2D eigenvalue weighted by atomic mass is 9.69. The lowest BCUT2D eigenvalue weighted by Gasteiger charge is -2.34. The molecule has 0 spiro atoms. The molecule has 0 bridgehead atoms. The first-order chi connectivity index (χ1) is 10.1. The van der Waals surface area contributed by atoms with Crippen molar-refractivity contribution in [2.24, 2.45) is 0 Å². The number of hydrogen-bond acceptors (Lipinski definition) is 0. The van der Waals surface area contributed by atoms with Crippen molar-refractivity contribution in [1.29, 1.82) is 0 Å². The highest BCUT2D eigenvalue weighted by molar-refractivity contribution is 5.55. The molecular weight excluding hydrogens is 252 g/mol. The summed E-state index contributed by atoms with van der Waals surface area (Å²) < 4.78 is 0. The average molecular weight is 274 g/mol. The van der Waals surface area contributed by atoms with Crippen molar-refractivity contribution in [3.8, 4) is 0 Å². The van der Waals surface area contributed by atoms with Crippen LogP contribution < -0.4 is 0 Å². The van der Waals surface area contributed by atoms with Gasteiger partial charge in [-0.15, -0.1) is 0 Å². The summed E-state index contributed by atoms with van der Waals surface area (Å²) in [7, 11) is 0. The molecule has 0 unspecified atom stereocenters. The van der Waals surface area contributed by atoms with Gasteiger partial charge in [-0.1, -0.05) is 72.3 Å². The first kappa shape index (κ1) is 13.9. The van der Waals surface area contributed by atoms with Crippen molar-refractivity contribution >= 4 is 0 Å². The van der Waals surface area contributed by atoms with Crippen LogP contribution in [-0.4, -0.2) is 0 Å². The van der Waals surface area contributed by atoms with Crippen LogP contribution in [0.2, 0.25) is 0 Å². The quantitative estimate of drug-likeness (QED) is 0.677. The van der Waals surface area contributed by atoms with E-state index in [1.165, 1.54) is 27.8 Å². The summed E-state index contributed by atoms with van der Waals surface area (Å²) in [6.45, 7) is 6.85. The predicted molar refractivity (Wildman–Crippen MR) is 90.4 cm³/mol. The normalized spacial score (nSPS) is 15.3. The molecule has 0 fully saturated rings. The Morgan fingerprint density at radius 1 is 0.762 bits per heavy atom. The van der Waals surface area contributed by atoms with Gasteiger partial charge in [0.15, 0.2) is 0 Å². The summed E-state index contributed by atoms with van der Waals surface area (Å²) in [5.74, 6) is 0. The van der Waals surface area contributed by atoms with E-state index in [4.69, 9.17) is 0 Å². The standard InChI is InChI=1S/C21H22/c1-16-14-15-20(17(16)2)21(3,18-10-6-4-7-11-18)19-12-8-5-9-13-19/h4-14H,15H2,1-3H3. The Balaban J connectivity index is 2.23. The molecule has 1 aliphatic carbocycles. The van der Waals surface area contributed by atoms with E-state index in [9.17, 15) is 0 Å². The molecule has 1 aliphatic rings. The van der Waals surface area contributed by atoms with E-state index in [2.05, 4.69) is 87.5 Å². The van der Waals surface area contributed by atoms with E-state index >= 15 is 0 Å². The van der Waals surface area contributed by atoms with Crippen LogP contribution in [0.25, 0.3) is 0 Å². The third kappa shape index (κ3) is 2.25. The zero-order chi connectivity index (χ0) is 14.9. The molecular formula is C21H22. The van der Waals surface area contributed by atoms with Crippen molar-refractivity contribution in [3.63, 3.8) is 0 Å². The second-order valence-electron chi connectivity index (χ2n) is 6.05. The van der Waals surface area contributed by atoms with Gasteiger partial charge in [0.2, 0.25) is 0 Å². The highest BCUT2D eigenvalue weighted by Crippen LogP contribution is 2.45. The molecule has 0 nitrogen and oxygen atoms in total. The van der Waals surface area contributed by atoms with Crippen LogP contribution in [0, 0.1) is 0 Å². The van der Waals surface area contributed by atoms with Gasteiger partial charge in [0.25, 0.3) is 0 Å². The zero-order valence-corrected chi connectivity index (χ0v) is 13.1. The number of rotatable bonds is 3. The first-order valence-electron chi connectivity index (χ1n) is 7.62. The maximum absolute atomic E-state index is 2.36. The van der Waals surface area contributed by atoms with Crippen LogP contribution >= 0.6 is 0 Å². The van der Waals surface area contributed by atoms with Gasteiger partial charge in [-0.25, -0.2) is 0 Å². The van der Waals surface area contributed by atoms with Crippen LogP contribution in [0.1, 0.15) is 38.3 Å². The molecule has 0 saturated heterocycles. The van der Waals surface area contributed by atoms with Crippen LogP contribution in [0.4, 0.5) is 0 Å². The van der Waals surface area contributed by atoms with Gasteiger partial charge >= 0.3 is 0 Å². The molecule has 0 aliphatic heterocycles. The van der Waals surface area contributed by atoms with E-state index in [0.717, 1.165) is 6.42 Å². The summed E-state index contributed by atoms with van der Waals surface area (Å²) in [5, 5.41) is 0. The van der Waals surface area contributed by atoms with Crippen molar-refractivity contribution in [3.05, 3.63) is 94.6 Å². The molecule has 0 heterocycles. The van der Waals surface area contributed by atoms with Crippen molar-refractivity contribution < 1.29 is 0 Å². The Bertz CT molecular complexity index is 648. The lowest BCUT2D eigenvalue weighted by molar-refractivity contribution is 0.656. The van der Waals surface area contributed by atoms with Crippen molar-refractivity contribution in [2.45, 2.75) is 32.6 Å². The Labute approximate surface area is 127 Å². The van der Waals surface area contributed by atoms with Crippen LogP contribution in [0.3, 0.4) is 0 Å². The van der Waals surface area contributed by atoms with Gasteiger partial charge in [0.05, 0.1) is 0 Å². The second kappa shape index (κ2) is 5.37. The second-order valence-corrected chi connectivity index (χ2v) is 6.05. The Morgan fingerprint density at radius 3 is 1.62 bits per heavy atom. The summed E-state index contributed by atoms with van der Waals surface area (Å²) in [4.78, 5) is 0. The number of hydrogen-bond donors (Lipinski definition) is 0. The fourth-order valence-electron chi connectivity index (χ4n) is 3.44. The summed E-state index contributed by atoms with van der Waals surface area (Å²) in [6.07, 6.45) is 3.41. The molecule has 0 aromatic heterocycles. The summed E-state index contributed by atoms with van der Waals surface area (Å²) in [5.41, 5.74) is 7.08. The van der Waals surface area contributed by atoms with Gasteiger partial charge in [0, 0.05) is 5.41 Å². The minimum atomic E-state index is -0.0547. The maximum atomic E-state index is 2.36. The molecule has 2 aromatic carbocycles. The molecule has 106 valence electrons. The highest BCUT2D eigenvalue weighted by Gasteiger charge is 2.35. The minimum Gasteiger partial charge on any atom is -0.0772 e. The Morgan fingerprint density at radius 2 is 1.24 bits per heavy atom. The Kier molecular flexibility index (Phi) is 3.55. The molecule has 0 amide bonds. The SMILES string of the molecule is CC1=CCC(C(C)(c2ccccc2)c2ccccc2)=C1C. The van der Waals surface area contributed by atoms with Gasteiger partial charge in [-0.2, -0.15) is 0 Å². The van der Waals surface area contributed by atoms with E-state index in [1.54, 1.807) is 0 Å². The van der Waals surface area contributed by atoms with E-state index in [1.807, 2.05) is 0 Å². The molecule has 0 heteroatoms. The molecule has 21 heavy (non-hydrogen) atoms. The van der Waals surface area contributed by atoms with Gasteiger partial charge in [0.1, 0.15) is 0 Å². The number of allylic oxidation sites excluding steroid dienone is 4. The Hall–Kier alpha value is -2.08. The monoisotopic (exact) mass is 274 g/mol. The van der Waals surface area contributed by atoms with E-state index in [-0.39, 0.29) is 5.41 Å². The first-order valence-corrected chi connectivity index (χ1v) is 7.62. The van der Waals surface area contributed by atoms with E-state index < -0.39 is 0 Å². The highest BCUT2D eigenvalue weighted by atomic mass is 14.4. The van der Waals surface area contributed by atoms with Crippen LogP contribution in [0.15, 0.2) is 83.5 Å². The lowest BCUT2D eigenvalue weighted by Crippen LogP contribution is -2.26. The largest absolute Gasteiger partial charge is 0.0772 e. The maximum Gasteiger partial charge on any atom is 0.0391 e. The van der Waals surface area contributed by atoms with Gasteiger partial charge < -0.3 is 0 Å². The van der Waals surface area contributed by atoms with Crippen molar-refractivity contribution in [1.82, 2.24) is 0 Å². The minimum absolute atomic E-state index is 0.0547. The summed E-state index contributed by atoms with van der Waals surface area (Å²) in [6, 6.07) is 21.7.